The molecule has 0 aliphatic rings. The Morgan fingerprint density at radius 3 is 2.53 bits per heavy atom. The van der Waals surface area contributed by atoms with E-state index in [9.17, 15) is 4.79 Å². The number of aryl methyl sites for hydroxylation is 1. The molecule has 0 aliphatic carbocycles. The van der Waals surface area contributed by atoms with Crippen LogP contribution in [0.2, 0.25) is 0 Å². The summed E-state index contributed by atoms with van der Waals surface area (Å²) in [6, 6.07) is 16.6. The standard InChI is InChI=1S/C26H34N2O2/c1-4-6-9-23(5-2)26(29)28(20-25-11-8-17-30-25)19-24-10-7-16-27(24)18-22-14-12-21(3)13-15-22/h7-8,10-17,23H,4-6,9,18-20H2,1-3H3/t23-/m0/s1. The van der Waals surface area contributed by atoms with Crippen molar-refractivity contribution in [2.75, 3.05) is 0 Å². The Morgan fingerprint density at radius 2 is 1.87 bits per heavy atom. The monoisotopic (exact) mass is 406 g/mol. The minimum atomic E-state index is 0.0698. The average molecular weight is 407 g/mol. The number of carbonyl (C=O) groups is 1. The molecule has 0 spiro atoms. The molecule has 1 aromatic carbocycles. The van der Waals surface area contributed by atoms with Crippen LogP contribution in [0.4, 0.5) is 0 Å². The zero-order valence-corrected chi connectivity index (χ0v) is 18.5. The molecule has 2 aromatic heterocycles. The van der Waals surface area contributed by atoms with Crippen LogP contribution >= 0.6 is 0 Å². The van der Waals surface area contributed by atoms with E-state index in [1.54, 1.807) is 6.26 Å². The van der Waals surface area contributed by atoms with E-state index in [4.69, 9.17) is 4.42 Å². The van der Waals surface area contributed by atoms with E-state index < -0.39 is 0 Å². The van der Waals surface area contributed by atoms with Crippen molar-refractivity contribution in [1.82, 2.24) is 9.47 Å². The van der Waals surface area contributed by atoms with Crippen LogP contribution in [0.3, 0.4) is 0 Å². The van der Waals surface area contributed by atoms with Gasteiger partial charge in [0.25, 0.3) is 0 Å². The van der Waals surface area contributed by atoms with Gasteiger partial charge in [-0.2, -0.15) is 0 Å². The molecule has 2 heterocycles. The summed E-state index contributed by atoms with van der Waals surface area (Å²) in [4.78, 5) is 15.4. The van der Waals surface area contributed by atoms with E-state index in [1.807, 2.05) is 17.0 Å². The average Bonchev–Trinajstić information content (AvgIpc) is 3.42. The normalized spacial score (nSPS) is 12.1. The summed E-state index contributed by atoms with van der Waals surface area (Å²) >= 11 is 0. The predicted octanol–water partition coefficient (Wildman–Crippen LogP) is 6.18. The fourth-order valence-electron chi connectivity index (χ4n) is 3.85. The third-order valence-electron chi connectivity index (χ3n) is 5.74. The first kappa shape index (κ1) is 21.9. The molecule has 0 saturated carbocycles. The van der Waals surface area contributed by atoms with Crippen LogP contribution in [0.5, 0.6) is 0 Å². The van der Waals surface area contributed by atoms with Crippen molar-refractivity contribution >= 4 is 5.91 Å². The molecule has 4 nitrogen and oxygen atoms in total. The van der Waals surface area contributed by atoms with E-state index in [0.29, 0.717) is 13.1 Å². The largest absolute Gasteiger partial charge is 0.467 e. The van der Waals surface area contributed by atoms with Gasteiger partial charge in [-0.05, 0) is 49.6 Å². The number of nitrogens with zero attached hydrogens (tertiary/aromatic N) is 2. The molecule has 0 bridgehead atoms. The number of hydrogen-bond acceptors (Lipinski definition) is 2. The Balaban J connectivity index is 1.78. The molecule has 0 fully saturated rings. The van der Waals surface area contributed by atoms with Gasteiger partial charge in [-0.15, -0.1) is 0 Å². The molecule has 1 amide bonds. The number of rotatable bonds is 11. The molecule has 0 radical (unpaired) electrons. The Hall–Kier alpha value is -2.75. The smallest absolute Gasteiger partial charge is 0.226 e. The lowest BCUT2D eigenvalue weighted by Gasteiger charge is -2.27. The first-order valence-corrected chi connectivity index (χ1v) is 11.1. The predicted molar refractivity (Wildman–Crippen MR) is 121 cm³/mol. The fourth-order valence-corrected chi connectivity index (χ4v) is 3.85. The number of amides is 1. The van der Waals surface area contributed by atoms with Crippen LogP contribution < -0.4 is 0 Å². The second kappa shape index (κ2) is 10.9. The molecule has 30 heavy (non-hydrogen) atoms. The molecule has 3 aromatic rings. The van der Waals surface area contributed by atoms with Crippen LogP contribution in [0.15, 0.2) is 65.4 Å². The quantitative estimate of drug-likeness (QED) is 0.381. The molecule has 0 aliphatic heterocycles. The molecular weight excluding hydrogens is 372 g/mol. The lowest BCUT2D eigenvalue weighted by Crippen LogP contribution is -2.35. The van der Waals surface area contributed by atoms with E-state index in [-0.39, 0.29) is 11.8 Å². The Bertz CT molecular complexity index is 894. The van der Waals surface area contributed by atoms with Gasteiger partial charge in [-0.25, -0.2) is 0 Å². The van der Waals surface area contributed by atoms with Gasteiger partial charge in [0.15, 0.2) is 0 Å². The highest BCUT2D eigenvalue weighted by molar-refractivity contribution is 5.78. The number of furan rings is 1. The Morgan fingerprint density at radius 1 is 1.07 bits per heavy atom. The van der Waals surface area contributed by atoms with Crippen molar-refractivity contribution in [1.29, 1.82) is 0 Å². The van der Waals surface area contributed by atoms with Crippen LogP contribution in [-0.2, 0) is 24.4 Å². The third-order valence-corrected chi connectivity index (χ3v) is 5.74. The fraction of sp³-hybridized carbons (Fsp3) is 0.423. The van der Waals surface area contributed by atoms with Crippen molar-refractivity contribution in [2.24, 2.45) is 5.92 Å². The molecule has 1 atom stereocenters. The van der Waals surface area contributed by atoms with Crippen LogP contribution in [0.1, 0.15) is 62.1 Å². The van der Waals surface area contributed by atoms with Crippen molar-refractivity contribution in [2.45, 2.75) is 66.1 Å². The molecule has 3 rings (SSSR count). The third kappa shape index (κ3) is 5.88. The number of benzene rings is 1. The highest BCUT2D eigenvalue weighted by atomic mass is 16.3. The summed E-state index contributed by atoms with van der Waals surface area (Å²) in [5.41, 5.74) is 3.66. The first-order valence-electron chi connectivity index (χ1n) is 11.1. The van der Waals surface area contributed by atoms with Gasteiger partial charge in [0.1, 0.15) is 5.76 Å². The zero-order chi connectivity index (χ0) is 21.3. The van der Waals surface area contributed by atoms with Crippen molar-refractivity contribution in [3.63, 3.8) is 0 Å². The molecule has 4 heteroatoms. The van der Waals surface area contributed by atoms with Gasteiger partial charge in [0.2, 0.25) is 5.91 Å². The van der Waals surface area contributed by atoms with E-state index in [1.165, 1.54) is 11.1 Å². The number of aromatic nitrogens is 1. The summed E-state index contributed by atoms with van der Waals surface area (Å²) in [6.07, 6.45) is 7.79. The Kier molecular flexibility index (Phi) is 7.95. The lowest BCUT2D eigenvalue weighted by molar-refractivity contribution is -0.137. The van der Waals surface area contributed by atoms with Gasteiger partial charge in [-0.1, -0.05) is 56.5 Å². The minimum absolute atomic E-state index is 0.0698. The van der Waals surface area contributed by atoms with E-state index in [2.05, 4.69) is 67.9 Å². The molecule has 0 N–H and O–H groups in total. The van der Waals surface area contributed by atoms with Crippen molar-refractivity contribution in [3.05, 3.63) is 83.6 Å². The number of hydrogen-bond donors (Lipinski definition) is 0. The second-order valence-electron chi connectivity index (χ2n) is 8.13. The lowest BCUT2D eigenvalue weighted by atomic mass is 9.97. The van der Waals surface area contributed by atoms with Gasteiger partial charge in [0, 0.05) is 24.4 Å². The van der Waals surface area contributed by atoms with Gasteiger partial charge < -0.3 is 13.9 Å². The van der Waals surface area contributed by atoms with Gasteiger partial charge in [-0.3, -0.25) is 4.79 Å². The minimum Gasteiger partial charge on any atom is -0.467 e. The number of carbonyl (C=O) groups excluding carboxylic acids is 1. The summed E-state index contributed by atoms with van der Waals surface area (Å²) in [5, 5.41) is 0. The van der Waals surface area contributed by atoms with Crippen LogP contribution in [0, 0.1) is 12.8 Å². The number of unbranched alkanes of at least 4 members (excludes halogenated alkanes) is 1. The van der Waals surface area contributed by atoms with Crippen molar-refractivity contribution < 1.29 is 9.21 Å². The van der Waals surface area contributed by atoms with Gasteiger partial charge >= 0.3 is 0 Å². The highest BCUT2D eigenvalue weighted by Gasteiger charge is 2.24. The van der Waals surface area contributed by atoms with E-state index in [0.717, 1.165) is 43.7 Å². The molecule has 160 valence electrons. The zero-order valence-electron chi connectivity index (χ0n) is 18.5. The molecule has 0 saturated heterocycles. The first-order chi connectivity index (χ1) is 14.6. The Labute approximate surface area is 180 Å². The van der Waals surface area contributed by atoms with Crippen molar-refractivity contribution in [3.8, 4) is 0 Å². The van der Waals surface area contributed by atoms with Gasteiger partial charge in [0.05, 0.1) is 19.4 Å². The summed E-state index contributed by atoms with van der Waals surface area (Å²) in [7, 11) is 0. The highest BCUT2D eigenvalue weighted by Crippen LogP contribution is 2.21. The van der Waals surface area contributed by atoms with Crippen LogP contribution in [-0.4, -0.2) is 15.4 Å². The summed E-state index contributed by atoms with van der Waals surface area (Å²) in [6.45, 7) is 8.29. The maximum atomic E-state index is 13.4. The SMILES string of the molecule is CCCC[C@H](CC)C(=O)N(Cc1ccco1)Cc1cccn1Cc1ccc(C)cc1. The van der Waals surface area contributed by atoms with E-state index >= 15 is 0 Å². The molecule has 0 unspecified atom stereocenters. The van der Waals surface area contributed by atoms with Crippen LogP contribution in [0.25, 0.3) is 0 Å². The maximum Gasteiger partial charge on any atom is 0.226 e. The maximum absolute atomic E-state index is 13.4. The summed E-state index contributed by atoms with van der Waals surface area (Å²) < 4.78 is 7.80. The topological polar surface area (TPSA) is 38.4 Å². The summed E-state index contributed by atoms with van der Waals surface area (Å²) in [5.74, 6) is 1.12. The molecular formula is C26H34N2O2. The second-order valence-corrected chi connectivity index (χ2v) is 8.13.